The van der Waals surface area contributed by atoms with E-state index in [2.05, 4.69) is 33.5 Å². The summed E-state index contributed by atoms with van der Waals surface area (Å²) in [5.41, 5.74) is 0. The Morgan fingerprint density at radius 3 is 0.870 bits per heavy atom. The van der Waals surface area contributed by atoms with E-state index in [0.29, 0.717) is 25.9 Å². The van der Waals surface area contributed by atoms with Gasteiger partial charge in [0.2, 0.25) is 11.8 Å². The van der Waals surface area contributed by atoms with Crippen molar-refractivity contribution in [3.63, 3.8) is 0 Å². The topological polar surface area (TPSA) is 271 Å². The number of carboxylic acids is 6. The average molecular weight is 655 g/mol. The molecule has 18 heteroatoms. The molecule has 0 aromatic carbocycles. The molecule has 4 aliphatic rings. The van der Waals surface area contributed by atoms with Crippen LogP contribution in [-0.4, -0.2) is 163 Å². The molecule has 0 saturated carbocycles. The second kappa shape index (κ2) is 23.2. The minimum absolute atomic E-state index is 0.267. The number of hydrogen-bond donors (Lipinski definition) is 6. The summed E-state index contributed by atoms with van der Waals surface area (Å²) in [6.45, 7) is 9.58. The maximum atomic E-state index is 11.2. The number of amides is 2. The van der Waals surface area contributed by atoms with Crippen LogP contribution in [0.15, 0.2) is 0 Å². The lowest BCUT2D eigenvalue weighted by Crippen LogP contribution is -2.37. The molecule has 0 unspecified atom stereocenters. The normalized spacial score (nSPS) is 16.1. The van der Waals surface area contributed by atoms with Crippen molar-refractivity contribution >= 4 is 47.6 Å². The van der Waals surface area contributed by atoms with Crippen LogP contribution < -0.4 is 0 Å². The van der Waals surface area contributed by atoms with Crippen molar-refractivity contribution in [3.8, 4) is 23.7 Å². The largest absolute Gasteiger partial charge is 0.473 e. The predicted octanol–water partition coefficient (Wildman–Crippen LogP) is -1.90. The van der Waals surface area contributed by atoms with Crippen LogP contribution in [0.2, 0.25) is 0 Å². The lowest BCUT2D eigenvalue weighted by molar-refractivity contribution is -0.159. The molecule has 4 rings (SSSR count). The minimum atomic E-state index is -1.82. The van der Waals surface area contributed by atoms with Crippen LogP contribution in [-0.2, 0) is 38.4 Å². The third-order valence-electron chi connectivity index (χ3n) is 6.18. The van der Waals surface area contributed by atoms with Crippen molar-refractivity contribution in [1.29, 1.82) is 0 Å². The standard InChI is InChI=1S/2C11H16N2O.3C2H2O4/c2*14-11-5-3-10-13(11)9-2-1-6-12-7-4-8-12;3*3-1(4)2(5)6/h2*3-10H2;3*(H,3,4)(H,5,6). The third kappa shape index (κ3) is 19.9. The predicted molar refractivity (Wildman–Crippen MR) is 155 cm³/mol. The number of aliphatic carboxylic acids is 6. The van der Waals surface area contributed by atoms with Gasteiger partial charge in [0, 0.05) is 52.1 Å². The van der Waals surface area contributed by atoms with Crippen LogP contribution in [0.5, 0.6) is 0 Å². The Hall–Kier alpha value is -5.20. The Labute approximate surface area is 264 Å². The highest BCUT2D eigenvalue weighted by Crippen LogP contribution is 2.09. The number of carbonyl (C=O) groups excluding carboxylic acids is 2. The molecular formula is C28H38N4O14. The average Bonchev–Trinajstić information content (AvgIpc) is 3.54. The first kappa shape index (κ1) is 40.8. The molecule has 0 aliphatic carbocycles. The van der Waals surface area contributed by atoms with Crippen molar-refractivity contribution < 1.29 is 69.0 Å². The van der Waals surface area contributed by atoms with Crippen LogP contribution in [0, 0.1) is 23.7 Å². The van der Waals surface area contributed by atoms with E-state index in [0.717, 1.165) is 39.0 Å². The number of rotatable bonds is 4. The minimum Gasteiger partial charge on any atom is -0.473 e. The molecule has 4 saturated heterocycles. The Bertz CT molecular complexity index is 1070. The molecule has 0 atom stereocenters. The zero-order chi connectivity index (χ0) is 35.1. The van der Waals surface area contributed by atoms with Crippen LogP contribution in [0.1, 0.15) is 38.5 Å². The summed E-state index contributed by atoms with van der Waals surface area (Å²) >= 11 is 0. The zero-order valence-electron chi connectivity index (χ0n) is 25.1. The lowest BCUT2D eigenvalue weighted by Gasteiger charge is -2.28. The van der Waals surface area contributed by atoms with Gasteiger partial charge in [-0.05, 0) is 25.7 Å². The van der Waals surface area contributed by atoms with Crippen molar-refractivity contribution in [1.82, 2.24) is 19.6 Å². The molecule has 2 amide bonds. The van der Waals surface area contributed by atoms with Crippen LogP contribution in [0.3, 0.4) is 0 Å². The van der Waals surface area contributed by atoms with Crippen molar-refractivity contribution in [3.05, 3.63) is 0 Å². The fourth-order valence-electron chi connectivity index (χ4n) is 3.46. The van der Waals surface area contributed by atoms with Crippen molar-refractivity contribution in [2.24, 2.45) is 0 Å². The second-order valence-corrected chi connectivity index (χ2v) is 9.64. The maximum absolute atomic E-state index is 11.2. The molecule has 0 bridgehead atoms. The molecule has 0 aromatic heterocycles. The van der Waals surface area contributed by atoms with Gasteiger partial charge in [-0.15, -0.1) is 0 Å². The van der Waals surface area contributed by atoms with Gasteiger partial charge in [0.15, 0.2) is 0 Å². The van der Waals surface area contributed by atoms with E-state index in [9.17, 15) is 9.59 Å². The van der Waals surface area contributed by atoms with Gasteiger partial charge in [-0.2, -0.15) is 0 Å². The quantitative estimate of drug-likeness (QED) is 0.143. The number of likely N-dealkylation sites (tertiary alicyclic amines) is 4. The number of hydrogen-bond acceptors (Lipinski definition) is 10. The van der Waals surface area contributed by atoms with Gasteiger partial charge in [-0.25, -0.2) is 28.8 Å². The van der Waals surface area contributed by atoms with E-state index < -0.39 is 35.8 Å². The van der Waals surface area contributed by atoms with Gasteiger partial charge < -0.3 is 40.4 Å². The Morgan fingerprint density at radius 2 is 0.696 bits per heavy atom. The first-order valence-corrected chi connectivity index (χ1v) is 14.0. The van der Waals surface area contributed by atoms with E-state index >= 15 is 0 Å². The SMILES string of the molecule is O=C(O)C(=O)O.O=C(O)C(=O)O.O=C(O)C(=O)O.O=C1CCCN1CC#CCN1CCC1.O=C1CCCN1CC#CCN1CCC1. The molecule has 0 aromatic rings. The third-order valence-corrected chi connectivity index (χ3v) is 6.18. The Balaban J connectivity index is 0.000000591. The molecule has 46 heavy (non-hydrogen) atoms. The molecule has 6 N–H and O–H groups in total. The molecule has 4 heterocycles. The summed E-state index contributed by atoms with van der Waals surface area (Å²) in [6, 6.07) is 0. The molecule has 4 aliphatic heterocycles. The number of nitrogens with zero attached hydrogens (tertiary/aromatic N) is 4. The molecule has 0 spiro atoms. The monoisotopic (exact) mass is 654 g/mol. The van der Waals surface area contributed by atoms with Crippen LogP contribution in [0.4, 0.5) is 0 Å². The van der Waals surface area contributed by atoms with Gasteiger partial charge in [0.1, 0.15) is 0 Å². The molecular weight excluding hydrogens is 616 g/mol. The van der Waals surface area contributed by atoms with Gasteiger partial charge in [-0.1, -0.05) is 23.7 Å². The highest BCUT2D eigenvalue weighted by molar-refractivity contribution is 6.28. The van der Waals surface area contributed by atoms with Crippen LogP contribution >= 0.6 is 0 Å². The van der Waals surface area contributed by atoms with E-state index in [1.54, 1.807) is 0 Å². The molecule has 18 nitrogen and oxygen atoms in total. The number of carbonyl (C=O) groups is 8. The summed E-state index contributed by atoms with van der Waals surface area (Å²) in [6.07, 6.45) is 6.07. The highest BCUT2D eigenvalue weighted by atomic mass is 16.5. The molecule has 254 valence electrons. The van der Waals surface area contributed by atoms with Crippen LogP contribution in [0.25, 0.3) is 0 Å². The van der Waals surface area contributed by atoms with Gasteiger partial charge in [0.05, 0.1) is 26.2 Å². The van der Waals surface area contributed by atoms with Gasteiger partial charge >= 0.3 is 35.8 Å². The fourth-order valence-corrected chi connectivity index (χ4v) is 3.46. The summed E-state index contributed by atoms with van der Waals surface area (Å²) in [7, 11) is 0. The summed E-state index contributed by atoms with van der Waals surface area (Å²) < 4.78 is 0. The van der Waals surface area contributed by atoms with Crippen molar-refractivity contribution in [2.75, 3.05) is 65.4 Å². The van der Waals surface area contributed by atoms with Crippen molar-refractivity contribution in [2.45, 2.75) is 38.5 Å². The Kier molecular flexibility index (Phi) is 20.6. The summed E-state index contributed by atoms with van der Waals surface area (Å²) in [5, 5.41) is 44.3. The van der Waals surface area contributed by atoms with E-state index in [1.165, 1.54) is 39.0 Å². The molecule has 4 fully saturated rings. The van der Waals surface area contributed by atoms with E-state index in [4.69, 9.17) is 59.4 Å². The van der Waals surface area contributed by atoms with E-state index in [-0.39, 0.29) is 11.8 Å². The van der Waals surface area contributed by atoms with Gasteiger partial charge in [-0.3, -0.25) is 19.4 Å². The zero-order valence-corrected chi connectivity index (χ0v) is 25.1. The smallest absolute Gasteiger partial charge is 0.414 e. The first-order valence-electron chi connectivity index (χ1n) is 14.0. The van der Waals surface area contributed by atoms with Gasteiger partial charge in [0.25, 0.3) is 0 Å². The number of carboxylic acid groups (broad SMARTS) is 6. The summed E-state index contributed by atoms with van der Waals surface area (Å²) in [4.78, 5) is 85.4. The van der Waals surface area contributed by atoms with E-state index in [1.807, 2.05) is 9.80 Å². The first-order chi connectivity index (χ1) is 21.6. The Morgan fingerprint density at radius 1 is 0.435 bits per heavy atom. The second-order valence-electron chi connectivity index (χ2n) is 9.64. The summed E-state index contributed by atoms with van der Waals surface area (Å²) in [5.74, 6) is 1.96. The fraction of sp³-hybridized carbons (Fsp3) is 0.571. The lowest BCUT2D eigenvalue weighted by atomic mass is 10.2. The molecule has 0 radical (unpaired) electrons. The maximum Gasteiger partial charge on any atom is 0.414 e. The highest BCUT2D eigenvalue weighted by Gasteiger charge is 2.19.